The standard InChI is InChI=1S/C16H24N2O4S2/c1-13-3-2-4-15(11-13)24(20,21)18-12-16(19)17-7-10-23-14-5-8-22-9-6-14/h2-4,11,14,18H,5-10,12H2,1H3,(H,17,19). The molecule has 2 rings (SSSR count). The summed E-state index contributed by atoms with van der Waals surface area (Å²) in [5, 5.41) is 3.33. The summed E-state index contributed by atoms with van der Waals surface area (Å²) in [7, 11) is -3.66. The lowest BCUT2D eigenvalue weighted by Crippen LogP contribution is -2.37. The van der Waals surface area contributed by atoms with Crippen LogP contribution in [0, 0.1) is 6.92 Å². The number of benzene rings is 1. The molecule has 8 heteroatoms. The molecule has 0 aliphatic carbocycles. The van der Waals surface area contributed by atoms with Crippen LogP contribution < -0.4 is 10.0 Å². The van der Waals surface area contributed by atoms with Crippen molar-refractivity contribution in [2.24, 2.45) is 0 Å². The van der Waals surface area contributed by atoms with Crippen LogP contribution in [0.15, 0.2) is 29.2 Å². The number of amides is 1. The molecule has 0 saturated carbocycles. The van der Waals surface area contributed by atoms with Crippen LogP contribution >= 0.6 is 11.8 Å². The minimum Gasteiger partial charge on any atom is -0.381 e. The first-order chi connectivity index (χ1) is 11.5. The average molecular weight is 373 g/mol. The molecule has 24 heavy (non-hydrogen) atoms. The van der Waals surface area contributed by atoms with Gasteiger partial charge in [0.1, 0.15) is 0 Å². The third kappa shape index (κ3) is 6.43. The molecule has 0 aromatic heterocycles. The number of ether oxygens (including phenoxy) is 1. The summed E-state index contributed by atoms with van der Waals surface area (Å²) >= 11 is 1.83. The zero-order chi connectivity index (χ0) is 17.4. The van der Waals surface area contributed by atoms with Gasteiger partial charge in [-0.25, -0.2) is 13.1 Å². The number of carbonyl (C=O) groups excluding carboxylic acids is 1. The minimum atomic E-state index is -3.66. The fraction of sp³-hybridized carbons (Fsp3) is 0.562. The lowest BCUT2D eigenvalue weighted by Gasteiger charge is -2.21. The fourth-order valence-electron chi connectivity index (χ4n) is 2.35. The molecule has 0 spiro atoms. The van der Waals surface area contributed by atoms with Crippen LogP contribution in [0.4, 0.5) is 0 Å². The Bertz CT molecular complexity index is 643. The van der Waals surface area contributed by atoms with Gasteiger partial charge in [0.2, 0.25) is 15.9 Å². The molecule has 6 nitrogen and oxygen atoms in total. The molecule has 2 N–H and O–H groups in total. The monoisotopic (exact) mass is 372 g/mol. The van der Waals surface area contributed by atoms with Crippen LogP contribution in [0.5, 0.6) is 0 Å². The van der Waals surface area contributed by atoms with Gasteiger partial charge in [-0.2, -0.15) is 11.8 Å². The zero-order valence-electron chi connectivity index (χ0n) is 13.8. The molecule has 0 radical (unpaired) electrons. The maximum Gasteiger partial charge on any atom is 0.241 e. The van der Waals surface area contributed by atoms with Crippen molar-refractivity contribution in [3.63, 3.8) is 0 Å². The molecule has 1 aliphatic rings. The van der Waals surface area contributed by atoms with E-state index in [1.54, 1.807) is 12.1 Å². The maximum absolute atomic E-state index is 12.1. The van der Waals surface area contributed by atoms with Crippen LogP contribution in [-0.2, 0) is 19.6 Å². The van der Waals surface area contributed by atoms with Crippen molar-refractivity contribution in [3.05, 3.63) is 29.8 Å². The number of sulfonamides is 1. The number of carbonyl (C=O) groups is 1. The normalized spacial score (nSPS) is 16.0. The third-order valence-electron chi connectivity index (χ3n) is 3.67. The molecule has 0 bridgehead atoms. The van der Waals surface area contributed by atoms with E-state index in [1.165, 1.54) is 6.07 Å². The lowest BCUT2D eigenvalue weighted by molar-refractivity contribution is -0.119. The average Bonchev–Trinajstić information content (AvgIpc) is 2.58. The van der Waals surface area contributed by atoms with Crippen molar-refractivity contribution in [3.8, 4) is 0 Å². The van der Waals surface area contributed by atoms with Crippen molar-refractivity contribution >= 4 is 27.7 Å². The van der Waals surface area contributed by atoms with Crippen LogP contribution in [0.3, 0.4) is 0 Å². The first kappa shape index (κ1) is 19.2. The summed E-state index contributed by atoms with van der Waals surface area (Å²) in [6.07, 6.45) is 2.10. The molecule has 0 atom stereocenters. The van der Waals surface area contributed by atoms with Crippen molar-refractivity contribution in [1.82, 2.24) is 10.0 Å². The minimum absolute atomic E-state index is 0.172. The highest BCUT2D eigenvalue weighted by Gasteiger charge is 2.16. The van der Waals surface area contributed by atoms with Gasteiger partial charge in [-0.1, -0.05) is 12.1 Å². The van der Waals surface area contributed by atoms with Gasteiger partial charge in [-0.3, -0.25) is 4.79 Å². The summed E-state index contributed by atoms with van der Waals surface area (Å²) < 4.78 is 31.9. The molecule has 1 aliphatic heterocycles. The second-order valence-corrected chi connectivity index (χ2v) is 8.85. The van der Waals surface area contributed by atoms with Crippen LogP contribution in [0.1, 0.15) is 18.4 Å². The number of hydrogen-bond acceptors (Lipinski definition) is 5. The first-order valence-electron chi connectivity index (χ1n) is 8.00. The molecular formula is C16H24N2O4S2. The van der Waals surface area contributed by atoms with Gasteiger partial charge in [0.05, 0.1) is 11.4 Å². The molecule has 0 unspecified atom stereocenters. The van der Waals surface area contributed by atoms with Gasteiger partial charge in [-0.15, -0.1) is 0 Å². The van der Waals surface area contributed by atoms with Crippen LogP contribution in [-0.4, -0.2) is 51.6 Å². The van der Waals surface area contributed by atoms with E-state index < -0.39 is 10.0 Å². The Morgan fingerprint density at radius 2 is 2.08 bits per heavy atom. The highest BCUT2D eigenvalue weighted by molar-refractivity contribution is 7.99. The van der Waals surface area contributed by atoms with E-state index in [9.17, 15) is 13.2 Å². The Morgan fingerprint density at radius 3 is 2.79 bits per heavy atom. The van der Waals surface area contributed by atoms with Gasteiger partial charge < -0.3 is 10.1 Å². The van der Waals surface area contributed by atoms with Crippen molar-refractivity contribution < 1.29 is 17.9 Å². The Kier molecular flexibility index (Phi) is 7.54. The maximum atomic E-state index is 12.1. The topological polar surface area (TPSA) is 84.5 Å². The summed E-state index contributed by atoms with van der Waals surface area (Å²) in [6.45, 7) is 3.72. The molecule has 1 aromatic carbocycles. The summed E-state index contributed by atoms with van der Waals surface area (Å²) in [6, 6.07) is 6.59. The van der Waals surface area contributed by atoms with Crippen molar-refractivity contribution in [2.45, 2.75) is 29.9 Å². The summed E-state index contributed by atoms with van der Waals surface area (Å²) in [5.41, 5.74) is 0.854. The third-order valence-corrected chi connectivity index (χ3v) is 6.45. The predicted molar refractivity (Wildman–Crippen MR) is 95.7 cm³/mol. The van der Waals surface area contributed by atoms with Crippen molar-refractivity contribution in [2.75, 3.05) is 32.1 Å². The molecule has 1 heterocycles. The summed E-state index contributed by atoms with van der Waals surface area (Å²) in [4.78, 5) is 11.9. The Hall–Kier alpha value is -1.09. The van der Waals surface area contributed by atoms with E-state index in [4.69, 9.17) is 4.74 Å². The molecule has 1 saturated heterocycles. The predicted octanol–water partition coefficient (Wildman–Crippen LogP) is 1.30. The molecule has 1 aromatic rings. The highest BCUT2D eigenvalue weighted by atomic mass is 32.2. The van der Waals surface area contributed by atoms with E-state index in [1.807, 2.05) is 24.8 Å². The molecule has 1 amide bonds. The smallest absolute Gasteiger partial charge is 0.241 e. The first-order valence-corrected chi connectivity index (χ1v) is 10.5. The molecule has 1 fully saturated rings. The number of thioether (sulfide) groups is 1. The quantitative estimate of drug-likeness (QED) is 0.672. The van der Waals surface area contributed by atoms with Gasteiger partial charge in [0.15, 0.2) is 0 Å². The molecule has 134 valence electrons. The Morgan fingerprint density at radius 1 is 1.33 bits per heavy atom. The number of nitrogens with one attached hydrogen (secondary N) is 2. The fourth-order valence-corrected chi connectivity index (χ4v) is 4.51. The van der Waals surface area contributed by atoms with Gasteiger partial charge in [0.25, 0.3) is 0 Å². The van der Waals surface area contributed by atoms with E-state index in [0.717, 1.165) is 37.4 Å². The van der Waals surface area contributed by atoms with Crippen LogP contribution in [0.25, 0.3) is 0 Å². The van der Waals surface area contributed by atoms with E-state index in [2.05, 4.69) is 10.0 Å². The van der Waals surface area contributed by atoms with Gasteiger partial charge >= 0.3 is 0 Å². The van der Waals surface area contributed by atoms with E-state index in [-0.39, 0.29) is 17.3 Å². The SMILES string of the molecule is Cc1cccc(S(=O)(=O)NCC(=O)NCCSC2CCOCC2)c1. The van der Waals surface area contributed by atoms with Crippen molar-refractivity contribution in [1.29, 1.82) is 0 Å². The van der Waals surface area contributed by atoms with Crippen LogP contribution in [0.2, 0.25) is 0 Å². The van der Waals surface area contributed by atoms with E-state index >= 15 is 0 Å². The summed E-state index contributed by atoms with van der Waals surface area (Å²) in [5.74, 6) is 0.500. The molecular weight excluding hydrogens is 348 g/mol. The lowest BCUT2D eigenvalue weighted by atomic mass is 10.2. The Labute approximate surface area is 147 Å². The zero-order valence-corrected chi connectivity index (χ0v) is 15.4. The second kappa shape index (κ2) is 9.41. The van der Waals surface area contributed by atoms with Gasteiger partial charge in [-0.05, 0) is 37.5 Å². The highest BCUT2D eigenvalue weighted by Crippen LogP contribution is 2.21. The number of aryl methyl sites for hydroxylation is 1. The number of hydrogen-bond donors (Lipinski definition) is 2. The second-order valence-electron chi connectivity index (χ2n) is 5.67. The number of rotatable bonds is 8. The largest absolute Gasteiger partial charge is 0.381 e. The van der Waals surface area contributed by atoms with Gasteiger partial charge in [0, 0.05) is 30.8 Å². The van der Waals surface area contributed by atoms with E-state index in [0.29, 0.717) is 11.8 Å². The Balaban J connectivity index is 1.67.